The number of aliphatic hydroxyl groups is 1. The van der Waals surface area contributed by atoms with E-state index in [4.69, 9.17) is 0 Å². The van der Waals surface area contributed by atoms with Gasteiger partial charge in [-0.2, -0.15) is 0 Å². The predicted molar refractivity (Wildman–Crippen MR) is 59.5 cm³/mol. The Bertz CT molecular complexity index is 205. The minimum Gasteiger partial charge on any atom is -0.391 e. The van der Waals surface area contributed by atoms with E-state index in [1.165, 1.54) is 0 Å². The van der Waals surface area contributed by atoms with Crippen LogP contribution < -0.4 is 10.6 Å². The Morgan fingerprint density at radius 2 is 2.20 bits per heavy atom. The van der Waals surface area contributed by atoms with Crippen LogP contribution in [0.3, 0.4) is 0 Å². The van der Waals surface area contributed by atoms with Crippen LogP contribution in [0.25, 0.3) is 0 Å². The summed E-state index contributed by atoms with van der Waals surface area (Å²) in [4.78, 5) is 11.3. The quantitative estimate of drug-likeness (QED) is 0.570. The number of hydrogen-bond acceptors (Lipinski definition) is 3. The molecule has 88 valence electrons. The summed E-state index contributed by atoms with van der Waals surface area (Å²) in [5.74, 6) is 0.392. The maximum absolute atomic E-state index is 11.3. The summed E-state index contributed by atoms with van der Waals surface area (Å²) in [6.45, 7) is 4.86. The fourth-order valence-electron chi connectivity index (χ4n) is 1.34. The molecule has 2 atom stereocenters. The zero-order valence-corrected chi connectivity index (χ0v) is 9.62. The van der Waals surface area contributed by atoms with Crippen LogP contribution in [0, 0.1) is 5.92 Å². The second kappa shape index (κ2) is 6.08. The first-order valence-electron chi connectivity index (χ1n) is 5.81. The van der Waals surface area contributed by atoms with Gasteiger partial charge in [-0.25, -0.2) is 0 Å². The van der Waals surface area contributed by atoms with Crippen molar-refractivity contribution in [2.75, 3.05) is 13.1 Å². The Morgan fingerprint density at radius 3 is 2.73 bits per heavy atom. The summed E-state index contributed by atoms with van der Waals surface area (Å²) in [6, 6.07) is 0.365. The van der Waals surface area contributed by atoms with E-state index < -0.39 is 0 Å². The molecule has 1 aliphatic carbocycles. The molecule has 1 fully saturated rings. The van der Waals surface area contributed by atoms with Gasteiger partial charge >= 0.3 is 0 Å². The van der Waals surface area contributed by atoms with Gasteiger partial charge in [0.2, 0.25) is 5.91 Å². The number of carbonyl (C=O) groups excluding carboxylic acids is 1. The molecule has 2 unspecified atom stereocenters. The Kier molecular flexibility index (Phi) is 5.05. The van der Waals surface area contributed by atoms with Crippen LogP contribution in [-0.4, -0.2) is 36.2 Å². The third-order valence-electron chi connectivity index (χ3n) is 2.90. The molecule has 4 nitrogen and oxygen atoms in total. The van der Waals surface area contributed by atoms with Gasteiger partial charge in [-0.3, -0.25) is 4.79 Å². The third kappa shape index (κ3) is 5.14. The van der Waals surface area contributed by atoms with E-state index in [2.05, 4.69) is 17.6 Å². The van der Waals surface area contributed by atoms with Crippen molar-refractivity contribution >= 4 is 5.91 Å². The van der Waals surface area contributed by atoms with Crippen molar-refractivity contribution in [2.24, 2.45) is 5.92 Å². The van der Waals surface area contributed by atoms with E-state index in [1.807, 2.05) is 6.92 Å². The number of aliphatic hydroxyl groups excluding tert-OH is 1. The van der Waals surface area contributed by atoms with Crippen molar-refractivity contribution in [3.63, 3.8) is 0 Å². The number of amides is 1. The fourth-order valence-corrected chi connectivity index (χ4v) is 1.34. The van der Waals surface area contributed by atoms with Crippen LogP contribution >= 0.6 is 0 Å². The molecule has 0 bridgehead atoms. The van der Waals surface area contributed by atoms with Crippen molar-refractivity contribution in [3.8, 4) is 0 Å². The number of rotatable bonds is 7. The summed E-state index contributed by atoms with van der Waals surface area (Å²) >= 11 is 0. The first-order valence-corrected chi connectivity index (χ1v) is 5.81. The molecule has 0 aromatic heterocycles. The Hall–Kier alpha value is -0.610. The minimum atomic E-state index is -0.349. The number of carbonyl (C=O) groups is 1. The van der Waals surface area contributed by atoms with Crippen molar-refractivity contribution in [1.82, 2.24) is 10.6 Å². The van der Waals surface area contributed by atoms with Gasteiger partial charge in [0.15, 0.2) is 0 Å². The van der Waals surface area contributed by atoms with Crippen molar-refractivity contribution in [3.05, 3.63) is 0 Å². The standard InChI is InChI=1S/C11H22N2O2/c1-3-8(2)12-7-11(15)13-6-10(14)9-4-5-9/h8-10,12,14H,3-7H2,1-2H3,(H,13,15). The molecular weight excluding hydrogens is 192 g/mol. The SMILES string of the molecule is CCC(C)NCC(=O)NCC(O)C1CC1. The maximum Gasteiger partial charge on any atom is 0.234 e. The Morgan fingerprint density at radius 1 is 1.53 bits per heavy atom. The van der Waals surface area contributed by atoms with E-state index in [-0.39, 0.29) is 12.0 Å². The van der Waals surface area contributed by atoms with Crippen LogP contribution in [-0.2, 0) is 4.79 Å². The van der Waals surface area contributed by atoms with E-state index >= 15 is 0 Å². The van der Waals surface area contributed by atoms with Gasteiger partial charge < -0.3 is 15.7 Å². The lowest BCUT2D eigenvalue weighted by atomic mass is 10.2. The first kappa shape index (κ1) is 12.5. The second-order valence-electron chi connectivity index (χ2n) is 4.40. The molecule has 4 heteroatoms. The summed E-state index contributed by atoms with van der Waals surface area (Å²) < 4.78 is 0. The lowest BCUT2D eigenvalue weighted by Crippen LogP contribution is -2.41. The molecule has 1 aliphatic rings. The highest BCUT2D eigenvalue weighted by molar-refractivity contribution is 5.78. The van der Waals surface area contributed by atoms with Gasteiger partial charge in [-0.1, -0.05) is 6.92 Å². The van der Waals surface area contributed by atoms with Crippen LogP contribution in [0.4, 0.5) is 0 Å². The monoisotopic (exact) mass is 214 g/mol. The van der Waals surface area contributed by atoms with E-state index in [1.54, 1.807) is 0 Å². The molecule has 0 saturated heterocycles. The highest BCUT2D eigenvalue weighted by atomic mass is 16.3. The smallest absolute Gasteiger partial charge is 0.234 e. The summed E-state index contributed by atoms with van der Waals surface area (Å²) in [7, 11) is 0. The highest BCUT2D eigenvalue weighted by Crippen LogP contribution is 2.32. The van der Waals surface area contributed by atoms with E-state index in [0.717, 1.165) is 19.3 Å². The van der Waals surface area contributed by atoms with Gasteiger partial charge in [0.05, 0.1) is 12.6 Å². The average Bonchev–Trinajstić information content (AvgIpc) is 3.05. The second-order valence-corrected chi connectivity index (χ2v) is 4.40. The van der Waals surface area contributed by atoms with Gasteiger partial charge in [-0.15, -0.1) is 0 Å². The van der Waals surface area contributed by atoms with Crippen molar-refractivity contribution < 1.29 is 9.90 Å². The Labute approximate surface area is 91.4 Å². The zero-order valence-electron chi connectivity index (χ0n) is 9.62. The molecule has 1 rings (SSSR count). The van der Waals surface area contributed by atoms with Gasteiger partial charge in [0.1, 0.15) is 0 Å². The largest absolute Gasteiger partial charge is 0.391 e. The van der Waals surface area contributed by atoms with Gasteiger partial charge in [-0.05, 0) is 32.1 Å². The molecule has 0 aromatic rings. The molecule has 1 amide bonds. The summed E-state index contributed by atoms with van der Waals surface area (Å²) in [5.41, 5.74) is 0. The third-order valence-corrected chi connectivity index (χ3v) is 2.90. The zero-order chi connectivity index (χ0) is 11.3. The van der Waals surface area contributed by atoms with Crippen molar-refractivity contribution in [2.45, 2.75) is 45.3 Å². The van der Waals surface area contributed by atoms with Crippen LogP contribution in [0.5, 0.6) is 0 Å². The molecule has 0 spiro atoms. The number of hydrogen-bond donors (Lipinski definition) is 3. The molecule has 0 heterocycles. The molecule has 0 aliphatic heterocycles. The summed E-state index contributed by atoms with van der Waals surface area (Å²) in [6.07, 6.45) is 2.86. The fraction of sp³-hybridized carbons (Fsp3) is 0.909. The highest BCUT2D eigenvalue weighted by Gasteiger charge is 2.29. The normalized spacial score (nSPS) is 19.7. The molecular formula is C11H22N2O2. The molecule has 1 saturated carbocycles. The summed E-state index contributed by atoms with van der Waals surface area (Å²) in [5, 5.41) is 15.4. The Balaban J connectivity index is 2.02. The van der Waals surface area contributed by atoms with Crippen LogP contribution in [0.2, 0.25) is 0 Å². The maximum atomic E-state index is 11.3. The minimum absolute atomic E-state index is 0.0324. The first-order chi connectivity index (χ1) is 7.13. The topological polar surface area (TPSA) is 61.4 Å². The molecule has 0 aromatic carbocycles. The number of nitrogens with one attached hydrogen (secondary N) is 2. The van der Waals surface area contributed by atoms with Crippen LogP contribution in [0.1, 0.15) is 33.1 Å². The van der Waals surface area contributed by atoms with Gasteiger partial charge in [0, 0.05) is 12.6 Å². The lowest BCUT2D eigenvalue weighted by molar-refractivity contribution is -0.120. The molecule has 3 N–H and O–H groups in total. The van der Waals surface area contributed by atoms with Gasteiger partial charge in [0.25, 0.3) is 0 Å². The van der Waals surface area contributed by atoms with E-state index in [9.17, 15) is 9.90 Å². The molecule has 0 radical (unpaired) electrons. The van der Waals surface area contributed by atoms with Crippen molar-refractivity contribution in [1.29, 1.82) is 0 Å². The lowest BCUT2D eigenvalue weighted by Gasteiger charge is -2.13. The predicted octanol–water partition coefficient (Wildman–Crippen LogP) is 0.262. The van der Waals surface area contributed by atoms with E-state index in [0.29, 0.717) is 25.0 Å². The molecule has 15 heavy (non-hydrogen) atoms. The van der Waals surface area contributed by atoms with Crippen LogP contribution in [0.15, 0.2) is 0 Å². The average molecular weight is 214 g/mol.